The molecule has 3 heterocycles. The van der Waals surface area contributed by atoms with Crippen molar-refractivity contribution in [3.05, 3.63) is 41.8 Å². The van der Waals surface area contributed by atoms with Crippen molar-refractivity contribution in [3.8, 4) is 0 Å². The standard InChI is InChI=1S/C19H23F3N4O3/c1-11(8-14(21)9-12(2)20)17-5-7-28-26(17)18(27)15-4-6-25(10-16(15)22)19-24-23-13(3)29-19/h8-9,15-17H,1,4-7,10H2,2-3H3/b12-9+,14-8+/t15-,16+,17+/m1/s1. The molecule has 2 fully saturated rings. The van der Waals surface area contributed by atoms with Gasteiger partial charge in [0, 0.05) is 26.0 Å². The lowest BCUT2D eigenvalue weighted by Gasteiger charge is -2.35. The summed E-state index contributed by atoms with van der Waals surface area (Å²) in [5, 5.41) is 8.67. The molecule has 158 valence electrons. The minimum absolute atomic E-state index is 0.0629. The SMILES string of the molecule is C=C(/C=C(F)\C=C(/C)F)[C@@H]1CCON1C(=O)[C@@H]1CCN(c2nnc(C)o2)C[C@@H]1F. The highest BCUT2D eigenvalue weighted by molar-refractivity contribution is 5.80. The fraction of sp³-hybridized carbons (Fsp3) is 0.526. The van der Waals surface area contributed by atoms with Crippen LogP contribution >= 0.6 is 0 Å². The molecule has 2 aliphatic rings. The average Bonchev–Trinajstić information content (AvgIpc) is 3.29. The summed E-state index contributed by atoms with van der Waals surface area (Å²) in [5.41, 5.74) is 0.250. The van der Waals surface area contributed by atoms with Gasteiger partial charge in [-0.3, -0.25) is 9.63 Å². The molecule has 1 aromatic rings. The number of hydrogen-bond acceptors (Lipinski definition) is 6. The van der Waals surface area contributed by atoms with Gasteiger partial charge < -0.3 is 9.32 Å². The van der Waals surface area contributed by atoms with Crippen LogP contribution in [0.1, 0.15) is 25.7 Å². The van der Waals surface area contributed by atoms with E-state index in [4.69, 9.17) is 9.25 Å². The number of piperidine rings is 1. The first-order valence-electron chi connectivity index (χ1n) is 9.31. The highest BCUT2D eigenvalue weighted by Crippen LogP contribution is 2.31. The summed E-state index contributed by atoms with van der Waals surface area (Å²) >= 11 is 0. The summed E-state index contributed by atoms with van der Waals surface area (Å²) in [7, 11) is 0. The van der Waals surface area contributed by atoms with E-state index < -0.39 is 35.7 Å². The van der Waals surface area contributed by atoms with E-state index >= 15 is 0 Å². The van der Waals surface area contributed by atoms with E-state index in [0.717, 1.165) is 24.1 Å². The van der Waals surface area contributed by atoms with Gasteiger partial charge in [-0.2, -0.15) is 0 Å². The maximum Gasteiger partial charge on any atom is 0.318 e. The second-order valence-electron chi connectivity index (χ2n) is 7.10. The highest BCUT2D eigenvalue weighted by atomic mass is 19.1. The number of halogens is 3. The highest BCUT2D eigenvalue weighted by Gasteiger charge is 2.42. The third-order valence-electron chi connectivity index (χ3n) is 4.85. The van der Waals surface area contributed by atoms with Gasteiger partial charge in [-0.25, -0.2) is 18.2 Å². The minimum Gasteiger partial charge on any atom is -0.408 e. The van der Waals surface area contributed by atoms with Crippen molar-refractivity contribution in [2.45, 2.75) is 38.9 Å². The molecule has 3 atom stereocenters. The van der Waals surface area contributed by atoms with Crippen LogP contribution in [0.5, 0.6) is 0 Å². The second kappa shape index (κ2) is 8.81. The summed E-state index contributed by atoms with van der Waals surface area (Å²) < 4.78 is 46.7. The molecule has 10 heteroatoms. The Morgan fingerprint density at radius 1 is 1.28 bits per heavy atom. The molecular weight excluding hydrogens is 389 g/mol. The number of alkyl halides is 1. The molecule has 0 radical (unpaired) electrons. The lowest BCUT2D eigenvalue weighted by Crippen LogP contribution is -2.50. The van der Waals surface area contributed by atoms with Crippen LogP contribution in [0.15, 0.2) is 40.4 Å². The van der Waals surface area contributed by atoms with Gasteiger partial charge in [0.15, 0.2) is 0 Å². The number of aryl methyl sites for hydroxylation is 1. The first kappa shape index (κ1) is 21.1. The Labute approximate surface area is 166 Å². The third-order valence-corrected chi connectivity index (χ3v) is 4.85. The van der Waals surface area contributed by atoms with Crippen LogP contribution < -0.4 is 4.90 Å². The number of carbonyl (C=O) groups excluding carboxylic acids is 1. The van der Waals surface area contributed by atoms with E-state index in [1.54, 1.807) is 11.8 Å². The lowest BCUT2D eigenvalue weighted by atomic mass is 9.93. The van der Waals surface area contributed by atoms with Crippen molar-refractivity contribution < 1.29 is 27.2 Å². The molecule has 29 heavy (non-hydrogen) atoms. The zero-order chi connectivity index (χ0) is 21.1. The first-order valence-corrected chi connectivity index (χ1v) is 9.31. The molecule has 7 nitrogen and oxygen atoms in total. The lowest BCUT2D eigenvalue weighted by molar-refractivity contribution is -0.181. The molecule has 0 spiro atoms. The molecule has 3 rings (SSSR count). The maximum atomic E-state index is 14.8. The molecule has 0 aromatic carbocycles. The van der Waals surface area contributed by atoms with Gasteiger partial charge in [0.1, 0.15) is 12.0 Å². The number of anilines is 1. The molecule has 0 N–H and O–H groups in total. The second-order valence-corrected chi connectivity index (χ2v) is 7.10. The Hall–Kier alpha value is -2.62. The largest absolute Gasteiger partial charge is 0.408 e. The quantitative estimate of drug-likeness (QED) is 0.691. The van der Waals surface area contributed by atoms with E-state index in [1.165, 1.54) is 0 Å². The smallest absolute Gasteiger partial charge is 0.318 e. The summed E-state index contributed by atoms with van der Waals surface area (Å²) in [6.07, 6.45) is 0.930. The van der Waals surface area contributed by atoms with E-state index in [9.17, 15) is 18.0 Å². The van der Waals surface area contributed by atoms with Gasteiger partial charge in [0.25, 0.3) is 5.91 Å². The number of rotatable bonds is 5. The third kappa shape index (κ3) is 4.87. The Morgan fingerprint density at radius 2 is 2.03 bits per heavy atom. The topological polar surface area (TPSA) is 71.7 Å². The van der Waals surface area contributed by atoms with Gasteiger partial charge >= 0.3 is 6.01 Å². The Bertz CT molecular complexity index is 834. The van der Waals surface area contributed by atoms with E-state index in [-0.39, 0.29) is 31.2 Å². The summed E-state index contributed by atoms with van der Waals surface area (Å²) in [6, 6.07) is -0.415. The molecule has 0 saturated carbocycles. The maximum absolute atomic E-state index is 14.8. The number of aromatic nitrogens is 2. The van der Waals surface area contributed by atoms with Gasteiger partial charge in [-0.1, -0.05) is 11.7 Å². The number of hydroxylamine groups is 2. The summed E-state index contributed by atoms with van der Waals surface area (Å²) in [4.78, 5) is 19.9. The fourth-order valence-corrected chi connectivity index (χ4v) is 3.46. The van der Waals surface area contributed by atoms with Crippen LogP contribution in [0, 0.1) is 12.8 Å². The van der Waals surface area contributed by atoms with Crippen LogP contribution in [-0.2, 0) is 9.63 Å². The van der Waals surface area contributed by atoms with Gasteiger partial charge in [-0.15, -0.1) is 5.10 Å². The molecule has 2 saturated heterocycles. The predicted octanol–water partition coefficient (Wildman–Crippen LogP) is 3.36. The van der Waals surface area contributed by atoms with E-state index in [0.29, 0.717) is 18.9 Å². The van der Waals surface area contributed by atoms with Crippen molar-refractivity contribution >= 4 is 11.9 Å². The number of nitrogens with zero attached hydrogens (tertiary/aromatic N) is 4. The van der Waals surface area contributed by atoms with Crippen molar-refractivity contribution in [1.29, 1.82) is 0 Å². The summed E-state index contributed by atoms with van der Waals surface area (Å²) in [5.74, 6) is -2.57. The fourth-order valence-electron chi connectivity index (χ4n) is 3.46. The molecule has 0 bridgehead atoms. The number of allylic oxidation sites excluding steroid dienone is 3. The monoisotopic (exact) mass is 412 g/mol. The molecule has 0 aliphatic carbocycles. The van der Waals surface area contributed by atoms with Gasteiger partial charge in [-0.05, 0) is 25.0 Å². The van der Waals surface area contributed by atoms with Crippen LogP contribution in [0.3, 0.4) is 0 Å². The van der Waals surface area contributed by atoms with Crippen LogP contribution in [0.4, 0.5) is 19.2 Å². The average molecular weight is 412 g/mol. The number of carbonyl (C=O) groups is 1. The molecule has 0 unspecified atom stereocenters. The molecule has 1 aromatic heterocycles. The Kier molecular flexibility index (Phi) is 6.41. The first-order chi connectivity index (χ1) is 13.8. The van der Waals surface area contributed by atoms with Crippen LogP contribution in [0.2, 0.25) is 0 Å². The van der Waals surface area contributed by atoms with Crippen molar-refractivity contribution in [2.24, 2.45) is 5.92 Å². The van der Waals surface area contributed by atoms with Crippen LogP contribution in [0.25, 0.3) is 0 Å². The molecule has 1 amide bonds. The summed E-state index contributed by atoms with van der Waals surface area (Å²) in [6.45, 7) is 7.05. The Balaban J connectivity index is 1.66. The zero-order valence-electron chi connectivity index (χ0n) is 16.3. The minimum atomic E-state index is -1.47. The van der Waals surface area contributed by atoms with Crippen molar-refractivity contribution in [3.63, 3.8) is 0 Å². The number of amides is 1. The molecule has 2 aliphatic heterocycles. The number of hydrogen-bond donors (Lipinski definition) is 0. The zero-order valence-corrected chi connectivity index (χ0v) is 16.3. The normalized spacial score (nSPS) is 26.2. The van der Waals surface area contributed by atoms with Crippen molar-refractivity contribution in [2.75, 3.05) is 24.6 Å². The molecular formula is C19H23F3N4O3. The van der Waals surface area contributed by atoms with Crippen molar-refractivity contribution in [1.82, 2.24) is 15.3 Å². The van der Waals surface area contributed by atoms with Gasteiger partial charge in [0.05, 0.1) is 30.9 Å². The van der Waals surface area contributed by atoms with Gasteiger partial charge in [0.2, 0.25) is 5.89 Å². The van der Waals surface area contributed by atoms with E-state index in [1.807, 2.05) is 0 Å². The van der Waals surface area contributed by atoms with E-state index in [2.05, 4.69) is 16.8 Å². The predicted molar refractivity (Wildman–Crippen MR) is 98.7 cm³/mol. The van der Waals surface area contributed by atoms with Crippen LogP contribution in [-0.4, -0.2) is 53.1 Å². The Morgan fingerprint density at radius 3 is 2.66 bits per heavy atom.